The number of hydrogen-bond donors (Lipinski definition) is 3. The average Bonchev–Trinajstić information content (AvgIpc) is 2.91. The predicted octanol–water partition coefficient (Wildman–Crippen LogP) is 0.108. The van der Waals surface area contributed by atoms with Gasteiger partial charge in [-0.25, -0.2) is 8.42 Å². The van der Waals surface area contributed by atoms with Gasteiger partial charge in [0.2, 0.25) is 0 Å². The third-order valence-electron chi connectivity index (χ3n) is 2.70. The number of H-pyrrole nitrogens is 1. The molecular weight excluding hydrogens is 286 g/mol. The maximum atomic E-state index is 12.1. The molecule has 0 atom stereocenters. The summed E-state index contributed by atoms with van der Waals surface area (Å²) in [6.45, 7) is 3.09. The number of carbonyl (C=O) groups is 1. The molecule has 0 aliphatic rings. The topological polar surface area (TPSA) is 130 Å². The molecule has 2 rings (SSSR count). The molecule has 0 aliphatic carbocycles. The standard InChI is InChI=1S/C10H13N5O4S/c1-6-7(2)12-13-10(6)14-20(18,19)8-3-11-15(4-8)5-9(16)17/h3-4H,5H2,1-2H3,(H,16,17)(H2,12,13,14). The van der Waals surface area contributed by atoms with Gasteiger partial charge < -0.3 is 5.11 Å². The highest BCUT2D eigenvalue weighted by atomic mass is 32.2. The number of sulfonamides is 1. The van der Waals surface area contributed by atoms with Crippen LogP contribution in [0.1, 0.15) is 11.3 Å². The van der Waals surface area contributed by atoms with E-state index in [1.165, 1.54) is 0 Å². The quantitative estimate of drug-likeness (QED) is 0.718. The van der Waals surface area contributed by atoms with Gasteiger partial charge in [-0.2, -0.15) is 10.2 Å². The van der Waals surface area contributed by atoms with Gasteiger partial charge in [0.05, 0.1) is 6.20 Å². The normalized spacial score (nSPS) is 11.5. The summed E-state index contributed by atoms with van der Waals surface area (Å²) in [5.41, 5.74) is 1.44. The largest absolute Gasteiger partial charge is 0.480 e. The summed E-state index contributed by atoms with van der Waals surface area (Å²) in [5, 5.41) is 18.8. The maximum Gasteiger partial charge on any atom is 0.325 e. The SMILES string of the molecule is Cc1[nH]nc(NS(=O)(=O)c2cnn(CC(=O)O)c2)c1C. The third kappa shape index (κ3) is 2.79. The molecule has 9 nitrogen and oxygen atoms in total. The third-order valence-corrected chi connectivity index (χ3v) is 3.99. The summed E-state index contributed by atoms with van der Waals surface area (Å²) < 4.78 is 27.5. The molecule has 0 radical (unpaired) electrons. The van der Waals surface area contributed by atoms with Crippen molar-refractivity contribution in [2.24, 2.45) is 0 Å². The molecule has 10 heteroatoms. The van der Waals surface area contributed by atoms with Gasteiger partial charge in [0.25, 0.3) is 10.0 Å². The van der Waals surface area contributed by atoms with E-state index in [0.717, 1.165) is 22.8 Å². The Morgan fingerprint density at radius 1 is 1.50 bits per heavy atom. The molecule has 2 heterocycles. The zero-order valence-electron chi connectivity index (χ0n) is 10.8. The fourth-order valence-corrected chi connectivity index (χ4v) is 2.50. The van der Waals surface area contributed by atoms with Crippen LogP contribution in [-0.4, -0.2) is 39.5 Å². The lowest BCUT2D eigenvalue weighted by molar-refractivity contribution is -0.137. The number of anilines is 1. The van der Waals surface area contributed by atoms with E-state index < -0.39 is 22.5 Å². The smallest absolute Gasteiger partial charge is 0.325 e. The van der Waals surface area contributed by atoms with E-state index in [4.69, 9.17) is 5.11 Å². The van der Waals surface area contributed by atoms with Crippen molar-refractivity contribution in [3.63, 3.8) is 0 Å². The first-order chi connectivity index (χ1) is 9.29. The fraction of sp³-hybridized carbons (Fsp3) is 0.300. The predicted molar refractivity (Wildman–Crippen MR) is 68.7 cm³/mol. The van der Waals surface area contributed by atoms with Crippen LogP contribution in [0.4, 0.5) is 5.82 Å². The van der Waals surface area contributed by atoms with Crippen molar-refractivity contribution >= 4 is 21.8 Å². The van der Waals surface area contributed by atoms with Crippen LogP contribution in [0.5, 0.6) is 0 Å². The van der Waals surface area contributed by atoms with Crippen molar-refractivity contribution in [1.29, 1.82) is 0 Å². The number of nitrogens with one attached hydrogen (secondary N) is 2. The number of aromatic nitrogens is 4. The van der Waals surface area contributed by atoms with Crippen LogP contribution in [0.15, 0.2) is 17.3 Å². The molecule has 0 fully saturated rings. The number of nitrogens with zero attached hydrogens (tertiary/aromatic N) is 3. The zero-order valence-corrected chi connectivity index (χ0v) is 11.6. The van der Waals surface area contributed by atoms with Crippen LogP contribution in [0, 0.1) is 13.8 Å². The molecule has 3 N–H and O–H groups in total. The van der Waals surface area contributed by atoms with Crippen molar-refractivity contribution in [2.45, 2.75) is 25.3 Å². The first kappa shape index (κ1) is 14.1. The molecule has 0 saturated carbocycles. The monoisotopic (exact) mass is 299 g/mol. The number of carboxylic acids is 1. The number of carboxylic acid groups (broad SMARTS) is 1. The molecule has 0 aromatic carbocycles. The molecule has 0 bridgehead atoms. The van der Waals surface area contributed by atoms with Crippen LogP contribution in [-0.2, 0) is 21.4 Å². The summed E-state index contributed by atoms with van der Waals surface area (Å²) in [4.78, 5) is 10.4. The second-order valence-corrected chi connectivity index (χ2v) is 5.88. The van der Waals surface area contributed by atoms with Crippen LogP contribution in [0.2, 0.25) is 0 Å². The lowest BCUT2D eigenvalue weighted by atomic mass is 10.3. The van der Waals surface area contributed by atoms with E-state index in [1.54, 1.807) is 13.8 Å². The summed E-state index contributed by atoms with van der Waals surface area (Å²) in [6, 6.07) is 0. The highest BCUT2D eigenvalue weighted by Gasteiger charge is 2.20. The highest BCUT2D eigenvalue weighted by molar-refractivity contribution is 7.92. The van der Waals surface area contributed by atoms with Crippen molar-refractivity contribution < 1.29 is 18.3 Å². The molecule has 0 unspecified atom stereocenters. The Bertz CT molecular complexity index is 746. The minimum absolute atomic E-state index is 0.126. The van der Waals surface area contributed by atoms with Crippen molar-refractivity contribution in [1.82, 2.24) is 20.0 Å². The van der Waals surface area contributed by atoms with Gasteiger partial charge in [-0.05, 0) is 13.8 Å². The van der Waals surface area contributed by atoms with E-state index in [0.29, 0.717) is 5.56 Å². The molecule has 20 heavy (non-hydrogen) atoms. The van der Waals surface area contributed by atoms with E-state index in [1.807, 2.05) is 0 Å². The van der Waals surface area contributed by atoms with Gasteiger partial charge in [-0.15, -0.1) is 0 Å². The van der Waals surface area contributed by atoms with Gasteiger partial charge in [0, 0.05) is 17.5 Å². The summed E-state index contributed by atoms with van der Waals surface area (Å²) in [6.07, 6.45) is 2.23. The second kappa shape index (κ2) is 4.96. The van der Waals surface area contributed by atoms with Gasteiger partial charge in [0.15, 0.2) is 5.82 Å². The summed E-state index contributed by atoms with van der Waals surface area (Å²) in [5.74, 6) is -0.905. The molecule has 0 aliphatic heterocycles. The van der Waals surface area contributed by atoms with E-state index in [-0.39, 0.29) is 10.7 Å². The Balaban J connectivity index is 2.24. The number of rotatable bonds is 5. The van der Waals surface area contributed by atoms with E-state index in [2.05, 4.69) is 20.0 Å². The molecule has 0 saturated heterocycles. The Morgan fingerprint density at radius 2 is 2.20 bits per heavy atom. The van der Waals surface area contributed by atoms with Crippen molar-refractivity contribution in [3.05, 3.63) is 23.7 Å². The van der Waals surface area contributed by atoms with Crippen molar-refractivity contribution in [3.8, 4) is 0 Å². The van der Waals surface area contributed by atoms with E-state index in [9.17, 15) is 13.2 Å². The van der Waals surface area contributed by atoms with Gasteiger partial charge in [-0.3, -0.25) is 19.3 Å². The van der Waals surface area contributed by atoms with Crippen LogP contribution >= 0.6 is 0 Å². The fourth-order valence-electron chi connectivity index (χ4n) is 1.48. The zero-order chi connectivity index (χ0) is 14.9. The molecule has 2 aromatic heterocycles. The minimum atomic E-state index is -3.85. The number of aromatic amines is 1. The number of hydrogen-bond acceptors (Lipinski definition) is 5. The Hall–Kier alpha value is -2.36. The summed E-state index contributed by atoms with van der Waals surface area (Å²) >= 11 is 0. The molecule has 108 valence electrons. The number of aliphatic carboxylic acids is 1. The molecule has 0 amide bonds. The Morgan fingerprint density at radius 3 is 2.75 bits per heavy atom. The molecule has 0 spiro atoms. The first-order valence-electron chi connectivity index (χ1n) is 5.58. The highest BCUT2D eigenvalue weighted by Crippen LogP contribution is 2.18. The van der Waals surface area contributed by atoms with Gasteiger partial charge >= 0.3 is 5.97 Å². The van der Waals surface area contributed by atoms with Crippen LogP contribution in [0.3, 0.4) is 0 Å². The molecular formula is C10H13N5O4S. The van der Waals surface area contributed by atoms with Gasteiger partial charge in [-0.1, -0.05) is 0 Å². The maximum absolute atomic E-state index is 12.1. The van der Waals surface area contributed by atoms with Crippen molar-refractivity contribution in [2.75, 3.05) is 4.72 Å². The summed E-state index contributed by atoms with van der Waals surface area (Å²) in [7, 11) is -3.85. The lowest BCUT2D eigenvalue weighted by Crippen LogP contribution is -2.14. The Labute approximate surface area is 114 Å². The average molecular weight is 299 g/mol. The van der Waals surface area contributed by atoms with Crippen LogP contribution in [0.25, 0.3) is 0 Å². The first-order valence-corrected chi connectivity index (χ1v) is 7.06. The molecule has 2 aromatic rings. The van der Waals surface area contributed by atoms with Crippen LogP contribution < -0.4 is 4.72 Å². The van der Waals surface area contributed by atoms with E-state index >= 15 is 0 Å². The lowest BCUT2D eigenvalue weighted by Gasteiger charge is -2.03. The Kier molecular flexibility index (Phi) is 3.49. The second-order valence-electron chi connectivity index (χ2n) is 4.20. The number of aryl methyl sites for hydroxylation is 1. The van der Waals surface area contributed by atoms with Gasteiger partial charge in [0.1, 0.15) is 11.4 Å². The minimum Gasteiger partial charge on any atom is -0.480 e.